The number of nitrogens with one attached hydrogen (secondary N) is 2. The van der Waals surface area contributed by atoms with Crippen molar-refractivity contribution in [3.8, 4) is 0 Å². The van der Waals surface area contributed by atoms with E-state index in [4.69, 9.17) is 16.7 Å². The topological polar surface area (TPSA) is 74.2 Å². The molecule has 2 aromatic rings. The third-order valence-electron chi connectivity index (χ3n) is 2.84. The van der Waals surface area contributed by atoms with Crippen LogP contribution in [0, 0.1) is 0 Å². The quantitative estimate of drug-likeness (QED) is 0.714. The lowest BCUT2D eigenvalue weighted by atomic mass is 10.2. The van der Waals surface area contributed by atoms with E-state index in [1.807, 2.05) is 18.2 Å². The first-order chi connectivity index (χ1) is 10.2. The molecule has 0 fully saturated rings. The van der Waals surface area contributed by atoms with Crippen LogP contribution in [0.5, 0.6) is 0 Å². The summed E-state index contributed by atoms with van der Waals surface area (Å²) in [6.07, 6.45) is 1.64. The van der Waals surface area contributed by atoms with E-state index < -0.39 is 0 Å². The Labute approximate surface area is 128 Å². The fraction of sp³-hybridized carbons (Fsp3) is 0.200. The summed E-state index contributed by atoms with van der Waals surface area (Å²) in [6.45, 7) is 0.680. The van der Waals surface area contributed by atoms with Crippen LogP contribution in [0.4, 0.5) is 5.69 Å². The molecular weight excluding hydrogens is 290 g/mol. The monoisotopic (exact) mass is 305 g/mol. The number of aromatic nitrogens is 1. The zero-order chi connectivity index (χ0) is 15.1. The van der Waals surface area contributed by atoms with Crippen molar-refractivity contribution in [2.45, 2.75) is 6.54 Å². The normalized spacial score (nSPS) is 10.2. The summed E-state index contributed by atoms with van der Waals surface area (Å²) in [7, 11) is 0. The second-order valence-electron chi connectivity index (χ2n) is 4.37. The van der Waals surface area contributed by atoms with E-state index >= 15 is 0 Å². The van der Waals surface area contributed by atoms with E-state index in [9.17, 15) is 4.79 Å². The van der Waals surface area contributed by atoms with Gasteiger partial charge in [0.25, 0.3) is 5.91 Å². The lowest BCUT2D eigenvalue weighted by Crippen LogP contribution is -2.26. The van der Waals surface area contributed by atoms with Crippen molar-refractivity contribution < 1.29 is 9.90 Å². The molecule has 1 aromatic carbocycles. The Hall–Kier alpha value is -2.11. The molecule has 1 amide bonds. The Morgan fingerprint density at radius 3 is 2.90 bits per heavy atom. The maximum Gasteiger partial charge on any atom is 0.251 e. The summed E-state index contributed by atoms with van der Waals surface area (Å²) >= 11 is 5.99. The highest BCUT2D eigenvalue weighted by atomic mass is 35.5. The minimum Gasteiger partial charge on any atom is -0.395 e. The Bertz CT molecular complexity index is 619. The van der Waals surface area contributed by atoms with Crippen molar-refractivity contribution in [3.63, 3.8) is 0 Å². The maximum atomic E-state index is 11.8. The summed E-state index contributed by atoms with van der Waals surface area (Å²) in [6, 6.07) is 10.8. The third-order valence-corrected chi connectivity index (χ3v) is 3.18. The van der Waals surface area contributed by atoms with Crippen LogP contribution in [0.25, 0.3) is 0 Å². The van der Waals surface area contributed by atoms with Gasteiger partial charge in [0.15, 0.2) is 0 Å². The van der Waals surface area contributed by atoms with Crippen molar-refractivity contribution in [3.05, 3.63) is 58.9 Å². The van der Waals surface area contributed by atoms with Gasteiger partial charge in [-0.15, -0.1) is 0 Å². The van der Waals surface area contributed by atoms with Crippen molar-refractivity contribution in [1.82, 2.24) is 10.3 Å². The van der Waals surface area contributed by atoms with E-state index in [1.54, 1.807) is 24.4 Å². The number of halogens is 1. The predicted octanol–water partition coefficient (Wildman–Crippen LogP) is 2.07. The number of aliphatic hydroxyl groups is 1. The number of hydrogen-bond donors (Lipinski definition) is 3. The lowest BCUT2D eigenvalue weighted by Gasteiger charge is -2.09. The van der Waals surface area contributed by atoms with Gasteiger partial charge < -0.3 is 15.7 Å². The first kappa shape index (κ1) is 15.3. The second-order valence-corrected chi connectivity index (χ2v) is 4.73. The van der Waals surface area contributed by atoms with E-state index in [2.05, 4.69) is 15.6 Å². The number of aliphatic hydroxyl groups excluding tert-OH is 1. The fourth-order valence-corrected chi connectivity index (χ4v) is 1.98. The zero-order valence-corrected chi connectivity index (χ0v) is 12.1. The number of rotatable bonds is 6. The number of amides is 1. The molecule has 1 heterocycles. The van der Waals surface area contributed by atoms with Crippen molar-refractivity contribution in [2.75, 3.05) is 18.5 Å². The molecule has 21 heavy (non-hydrogen) atoms. The van der Waals surface area contributed by atoms with Gasteiger partial charge >= 0.3 is 0 Å². The molecule has 0 aliphatic heterocycles. The number of pyridine rings is 1. The molecule has 110 valence electrons. The first-order valence-corrected chi connectivity index (χ1v) is 6.91. The number of anilines is 1. The van der Waals surface area contributed by atoms with Gasteiger partial charge in [-0.05, 0) is 24.3 Å². The van der Waals surface area contributed by atoms with Crippen LogP contribution >= 0.6 is 11.6 Å². The highest BCUT2D eigenvalue weighted by molar-refractivity contribution is 6.30. The van der Waals surface area contributed by atoms with Crippen molar-refractivity contribution in [2.24, 2.45) is 0 Å². The van der Waals surface area contributed by atoms with E-state index in [1.165, 1.54) is 0 Å². The van der Waals surface area contributed by atoms with Gasteiger partial charge in [-0.2, -0.15) is 0 Å². The molecule has 0 unspecified atom stereocenters. The molecule has 1 aromatic heterocycles. The van der Waals surface area contributed by atoms with Gasteiger partial charge in [0.2, 0.25) is 0 Å². The van der Waals surface area contributed by atoms with Crippen LogP contribution in [-0.4, -0.2) is 29.1 Å². The highest BCUT2D eigenvalue weighted by Gasteiger charge is 2.06. The van der Waals surface area contributed by atoms with E-state index in [-0.39, 0.29) is 19.1 Å². The molecule has 3 N–H and O–H groups in total. The molecule has 2 rings (SSSR count). The number of hydrogen-bond acceptors (Lipinski definition) is 4. The van der Waals surface area contributed by atoms with Gasteiger partial charge in [-0.1, -0.05) is 23.7 Å². The Morgan fingerprint density at radius 2 is 2.14 bits per heavy atom. The Morgan fingerprint density at radius 1 is 1.29 bits per heavy atom. The average Bonchev–Trinajstić information content (AvgIpc) is 2.52. The summed E-state index contributed by atoms with van der Waals surface area (Å²) in [5.41, 5.74) is 2.23. The van der Waals surface area contributed by atoms with E-state index in [0.717, 1.165) is 11.3 Å². The van der Waals surface area contributed by atoms with Gasteiger partial charge in [-0.3, -0.25) is 4.79 Å². The summed E-state index contributed by atoms with van der Waals surface area (Å²) in [5, 5.41) is 15.0. The number of benzene rings is 1. The van der Waals surface area contributed by atoms with Crippen LogP contribution in [0.1, 0.15) is 15.9 Å². The van der Waals surface area contributed by atoms with Gasteiger partial charge in [-0.25, -0.2) is 4.98 Å². The zero-order valence-electron chi connectivity index (χ0n) is 11.3. The molecule has 0 aliphatic carbocycles. The SMILES string of the molecule is O=C(NCCO)c1cccc(NCc2cccnc2Cl)c1. The second kappa shape index (κ2) is 7.61. The number of carbonyl (C=O) groups is 1. The molecule has 0 radical (unpaired) electrons. The minimum atomic E-state index is -0.216. The minimum absolute atomic E-state index is 0.0802. The molecule has 0 atom stereocenters. The molecule has 5 nitrogen and oxygen atoms in total. The van der Waals surface area contributed by atoms with Crippen LogP contribution in [0.3, 0.4) is 0 Å². The Balaban J connectivity index is 2.01. The molecule has 0 bridgehead atoms. The molecular formula is C15H16ClN3O2. The molecule has 6 heteroatoms. The summed E-state index contributed by atoms with van der Waals surface area (Å²) in [5.74, 6) is -0.216. The van der Waals surface area contributed by atoms with Crippen molar-refractivity contribution in [1.29, 1.82) is 0 Å². The van der Waals surface area contributed by atoms with Crippen molar-refractivity contribution >= 4 is 23.2 Å². The third kappa shape index (κ3) is 4.44. The molecule has 0 saturated carbocycles. The predicted molar refractivity (Wildman–Crippen MR) is 82.4 cm³/mol. The van der Waals surface area contributed by atoms with Gasteiger partial charge in [0.05, 0.1) is 6.61 Å². The van der Waals surface area contributed by atoms with E-state index in [0.29, 0.717) is 17.3 Å². The van der Waals surface area contributed by atoms with Crippen LogP contribution in [-0.2, 0) is 6.54 Å². The summed E-state index contributed by atoms with van der Waals surface area (Å²) < 4.78 is 0. The standard InChI is InChI=1S/C15H16ClN3O2/c16-14-12(4-2-6-17-14)10-19-13-5-1-3-11(9-13)15(21)18-7-8-20/h1-6,9,19-20H,7-8,10H2,(H,18,21). The summed E-state index contributed by atoms with van der Waals surface area (Å²) in [4.78, 5) is 15.8. The maximum absolute atomic E-state index is 11.8. The van der Waals surface area contributed by atoms with Crippen LogP contribution < -0.4 is 10.6 Å². The van der Waals surface area contributed by atoms with Gasteiger partial charge in [0, 0.05) is 36.1 Å². The Kier molecular flexibility index (Phi) is 5.54. The number of nitrogens with zero attached hydrogens (tertiary/aromatic N) is 1. The van der Waals surface area contributed by atoms with Crippen LogP contribution in [0.15, 0.2) is 42.6 Å². The largest absolute Gasteiger partial charge is 0.395 e. The number of carbonyl (C=O) groups excluding carboxylic acids is 1. The first-order valence-electron chi connectivity index (χ1n) is 6.53. The van der Waals surface area contributed by atoms with Gasteiger partial charge in [0.1, 0.15) is 5.15 Å². The smallest absolute Gasteiger partial charge is 0.251 e. The fourth-order valence-electron chi connectivity index (χ4n) is 1.79. The molecule has 0 saturated heterocycles. The average molecular weight is 306 g/mol. The van der Waals surface area contributed by atoms with Crippen LogP contribution in [0.2, 0.25) is 5.15 Å². The molecule has 0 spiro atoms. The highest BCUT2D eigenvalue weighted by Crippen LogP contribution is 2.15. The lowest BCUT2D eigenvalue weighted by molar-refractivity contribution is 0.0945. The molecule has 0 aliphatic rings.